The third kappa shape index (κ3) is 2.97. The highest BCUT2D eigenvalue weighted by Crippen LogP contribution is 2.26. The standard InChI is InChI=1S/C14H11N3O3S/c1-9(19-14(18)10-5-2-3-7-15-10)12-16-17-13(20-12)11-6-4-8-21-11/h2-9H,1H3/t9-/m1/s1. The molecule has 0 saturated carbocycles. The van der Waals surface area contributed by atoms with E-state index in [2.05, 4.69) is 15.2 Å². The van der Waals surface area contributed by atoms with Crippen LogP contribution in [0.25, 0.3) is 10.8 Å². The van der Waals surface area contributed by atoms with Crippen LogP contribution in [0.5, 0.6) is 0 Å². The van der Waals surface area contributed by atoms with Crippen molar-refractivity contribution < 1.29 is 13.9 Å². The maximum Gasteiger partial charge on any atom is 0.357 e. The maximum atomic E-state index is 11.9. The van der Waals surface area contributed by atoms with Crippen molar-refractivity contribution >= 4 is 17.3 Å². The molecule has 1 atom stereocenters. The Bertz CT molecular complexity index is 725. The van der Waals surface area contributed by atoms with Crippen molar-refractivity contribution in [3.63, 3.8) is 0 Å². The molecular weight excluding hydrogens is 290 g/mol. The second-order valence-corrected chi connectivity index (χ2v) is 5.13. The lowest BCUT2D eigenvalue weighted by molar-refractivity contribution is 0.0273. The van der Waals surface area contributed by atoms with Gasteiger partial charge in [-0.3, -0.25) is 0 Å². The van der Waals surface area contributed by atoms with Crippen LogP contribution in [-0.4, -0.2) is 21.2 Å². The molecule has 7 heteroatoms. The maximum absolute atomic E-state index is 11.9. The van der Waals surface area contributed by atoms with E-state index in [0.29, 0.717) is 5.89 Å². The zero-order chi connectivity index (χ0) is 14.7. The van der Waals surface area contributed by atoms with Crippen LogP contribution in [0, 0.1) is 0 Å². The minimum absolute atomic E-state index is 0.238. The summed E-state index contributed by atoms with van der Waals surface area (Å²) in [6.45, 7) is 1.67. The summed E-state index contributed by atoms with van der Waals surface area (Å²) in [7, 11) is 0. The Morgan fingerprint density at radius 2 is 2.19 bits per heavy atom. The number of carbonyl (C=O) groups excluding carboxylic acids is 1. The molecule has 0 saturated heterocycles. The van der Waals surface area contributed by atoms with Crippen LogP contribution in [0.15, 0.2) is 46.3 Å². The van der Waals surface area contributed by atoms with Gasteiger partial charge in [0.05, 0.1) is 4.88 Å². The first kappa shape index (κ1) is 13.4. The van der Waals surface area contributed by atoms with Gasteiger partial charge in [-0.25, -0.2) is 9.78 Å². The Hall–Kier alpha value is -2.54. The largest absolute Gasteiger partial charge is 0.448 e. The number of aromatic nitrogens is 3. The lowest BCUT2D eigenvalue weighted by Crippen LogP contribution is -2.10. The average molecular weight is 301 g/mol. The van der Waals surface area contributed by atoms with E-state index in [1.54, 1.807) is 25.1 Å². The lowest BCUT2D eigenvalue weighted by atomic mass is 10.3. The van der Waals surface area contributed by atoms with Crippen LogP contribution in [0.3, 0.4) is 0 Å². The van der Waals surface area contributed by atoms with Gasteiger partial charge in [0, 0.05) is 6.20 Å². The topological polar surface area (TPSA) is 78.1 Å². The SMILES string of the molecule is C[C@@H](OC(=O)c1ccccn1)c1nnc(-c2cccs2)o1. The molecule has 0 fully saturated rings. The Morgan fingerprint density at radius 1 is 1.29 bits per heavy atom. The summed E-state index contributed by atoms with van der Waals surface area (Å²) >= 11 is 1.50. The number of ether oxygens (including phenoxy) is 1. The third-order valence-corrected chi connectivity index (χ3v) is 3.54. The number of thiophene rings is 1. The van der Waals surface area contributed by atoms with Gasteiger partial charge in [0.25, 0.3) is 11.8 Å². The molecule has 0 unspecified atom stereocenters. The van der Waals surface area contributed by atoms with Crippen molar-refractivity contribution in [2.24, 2.45) is 0 Å². The van der Waals surface area contributed by atoms with E-state index < -0.39 is 12.1 Å². The first-order valence-corrected chi connectivity index (χ1v) is 7.11. The van der Waals surface area contributed by atoms with Crippen molar-refractivity contribution in [1.29, 1.82) is 0 Å². The highest BCUT2D eigenvalue weighted by Gasteiger charge is 2.20. The molecular formula is C14H11N3O3S. The van der Waals surface area contributed by atoms with Gasteiger partial charge in [-0.05, 0) is 30.5 Å². The molecule has 6 nitrogen and oxygen atoms in total. The fraction of sp³-hybridized carbons (Fsp3) is 0.143. The minimum atomic E-state index is -0.638. The molecule has 0 bridgehead atoms. The molecule has 0 N–H and O–H groups in total. The highest BCUT2D eigenvalue weighted by molar-refractivity contribution is 7.13. The summed E-state index contributed by atoms with van der Waals surface area (Å²) in [6.07, 6.45) is 0.892. The Kier molecular flexibility index (Phi) is 3.74. The number of hydrogen-bond donors (Lipinski definition) is 0. The summed E-state index contributed by atoms with van der Waals surface area (Å²) < 4.78 is 10.8. The smallest absolute Gasteiger partial charge is 0.357 e. The average Bonchev–Trinajstić information content (AvgIpc) is 3.19. The third-order valence-electron chi connectivity index (χ3n) is 2.68. The van der Waals surface area contributed by atoms with Crippen molar-refractivity contribution in [3.05, 3.63) is 53.5 Å². The Morgan fingerprint density at radius 3 is 2.90 bits per heavy atom. The highest BCUT2D eigenvalue weighted by atomic mass is 32.1. The molecule has 0 amide bonds. The Labute approximate surface area is 124 Å². The van der Waals surface area contributed by atoms with Crippen LogP contribution in [0.4, 0.5) is 0 Å². The predicted molar refractivity (Wildman–Crippen MR) is 75.7 cm³/mol. The molecule has 106 valence electrons. The van der Waals surface area contributed by atoms with E-state index in [1.165, 1.54) is 17.5 Å². The van der Waals surface area contributed by atoms with Gasteiger partial charge < -0.3 is 9.15 Å². The minimum Gasteiger partial charge on any atom is -0.448 e. The zero-order valence-electron chi connectivity index (χ0n) is 11.1. The van der Waals surface area contributed by atoms with Gasteiger partial charge in [0.2, 0.25) is 0 Å². The molecule has 0 aliphatic carbocycles. The van der Waals surface area contributed by atoms with E-state index in [1.807, 2.05) is 17.5 Å². The van der Waals surface area contributed by atoms with Crippen molar-refractivity contribution in [2.45, 2.75) is 13.0 Å². The summed E-state index contributed by atoms with van der Waals surface area (Å²) in [4.78, 5) is 16.7. The van der Waals surface area contributed by atoms with Gasteiger partial charge in [0.1, 0.15) is 5.69 Å². The zero-order valence-corrected chi connectivity index (χ0v) is 11.9. The lowest BCUT2D eigenvalue weighted by Gasteiger charge is -2.08. The summed E-state index contributed by atoms with van der Waals surface area (Å²) in [5, 5.41) is 9.78. The Balaban J connectivity index is 1.71. The number of pyridine rings is 1. The molecule has 21 heavy (non-hydrogen) atoms. The second-order valence-electron chi connectivity index (χ2n) is 4.19. The van der Waals surface area contributed by atoms with Gasteiger partial charge in [0.15, 0.2) is 6.10 Å². The molecule has 0 spiro atoms. The first-order valence-electron chi connectivity index (χ1n) is 6.23. The number of esters is 1. The number of rotatable bonds is 4. The fourth-order valence-corrected chi connectivity index (χ4v) is 2.30. The number of hydrogen-bond acceptors (Lipinski definition) is 7. The summed E-state index contributed by atoms with van der Waals surface area (Å²) in [5.74, 6) is 0.141. The molecule has 3 aromatic heterocycles. The fourth-order valence-electron chi connectivity index (χ4n) is 1.65. The normalized spacial score (nSPS) is 12.0. The van der Waals surface area contributed by atoms with Crippen LogP contribution >= 0.6 is 11.3 Å². The van der Waals surface area contributed by atoms with Crippen molar-refractivity contribution in [2.75, 3.05) is 0 Å². The van der Waals surface area contributed by atoms with Crippen LogP contribution in [0.1, 0.15) is 29.4 Å². The first-order chi connectivity index (χ1) is 10.2. The van der Waals surface area contributed by atoms with Crippen LogP contribution < -0.4 is 0 Å². The van der Waals surface area contributed by atoms with Gasteiger partial charge >= 0.3 is 5.97 Å². The van der Waals surface area contributed by atoms with Crippen LogP contribution in [-0.2, 0) is 4.74 Å². The van der Waals surface area contributed by atoms with Gasteiger partial charge in [-0.1, -0.05) is 12.1 Å². The van der Waals surface area contributed by atoms with E-state index in [4.69, 9.17) is 9.15 Å². The molecule has 3 aromatic rings. The van der Waals surface area contributed by atoms with E-state index in [0.717, 1.165) is 4.88 Å². The number of carbonyl (C=O) groups is 1. The second kappa shape index (κ2) is 5.84. The van der Waals surface area contributed by atoms with Crippen LogP contribution in [0.2, 0.25) is 0 Å². The summed E-state index contributed by atoms with van der Waals surface area (Å²) in [5.41, 5.74) is 0.238. The monoisotopic (exact) mass is 301 g/mol. The van der Waals surface area contributed by atoms with E-state index >= 15 is 0 Å². The molecule has 0 aromatic carbocycles. The number of nitrogens with zero attached hydrogens (tertiary/aromatic N) is 3. The van der Waals surface area contributed by atoms with Gasteiger partial charge in [-0.15, -0.1) is 21.5 Å². The van der Waals surface area contributed by atoms with E-state index in [9.17, 15) is 4.79 Å². The molecule has 0 radical (unpaired) electrons. The molecule has 0 aliphatic heterocycles. The summed E-state index contributed by atoms with van der Waals surface area (Å²) in [6, 6.07) is 8.81. The van der Waals surface area contributed by atoms with E-state index in [-0.39, 0.29) is 11.6 Å². The molecule has 3 rings (SSSR count). The van der Waals surface area contributed by atoms with Crippen molar-refractivity contribution in [3.8, 4) is 10.8 Å². The predicted octanol–water partition coefficient (Wildman–Crippen LogP) is 3.11. The molecule has 0 aliphatic rings. The van der Waals surface area contributed by atoms with Gasteiger partial charge in [-0.2, -0.15) is 0 Å². The molecule has 3 heterocycles. The quantitative estimate of drug-likeness (QED) is 0.689. The van der Waals surface area contributed by atoms with Crippen molar-refractivity contribution in [1.82, 2.24) is 15.2 Å².